The Hall–Kier alpha value is -0.920. The zero-order valence-corrected chi connectivity index (χ0v) is 13.3. The van der Waals surface area contributed by atoms with Gasteiger partial charge in [0.1, 0.15) is 0 Å². The summed E-state index contributed by atoms with van der Waals surface area (Å²) in [6.07, 6.45) is 1.08. The fraction of sp³-hybridized carbons (Fsp3) is 0.500. The van der Waals surface area contributed by atoms with Crippen LogP contribution in [0.5, 0.6) is 0 Å². The molecule has 0 saturated carbocycles. The minimum atomic E-state index is 0.0823. The first-order chi connectivity index (χ1) is 9.19. The number of anilines is 1. The number of aromatic nitrogens is 2. The van der Waals surface area contributed by atoms with Crippen LogP contribution in [0.15, 0.2) is 20.3 Å². The van der Waals surface area contributed by atoms with Crippen LogP contribution in [0.4, 0.5) is 6.01 Å². The molecular weight excluding hydrogens is 328 g/mol. The molecule has 0 aromatic carbocycles. The first kappa shape index (κ1) is 14.5. The normalized spacial score (nSPS) is 12.6. The summed E-state index contributed by atoms with van der Waals surface area (Å²) in [5, 5.41) is 16.5. The Bertz CT molecular complexity index is 513. The molecule has 19 heavy (non-hydrogen) atoms. The van der Waals surface area contributed by atoms with Crippen molar-refractivity contribution < 1.29 is 4.42 Å². The minimum Gasteiger partial charge on any atom is -0.406 e. The molecule has 0 amide bonds. The Labute approximate surface area is 124 Å². The lowest BCUT2D eigenvalue weighted by Crippen LogP contribution is -2.19. The third kappa shape index (κ3) is 4.29. The quantitative estimate of drug-likeness (QED) is 0.803. The van der Waals surface area contributed by atoms with Gasteiger partial charge in [0.2, 0.25) is 5.89 Å². The van der Waals surface area contributed by atoms with Crippen LogP contribution in [-0.2, 0) is 6.54 Å². The average molecular weight is 345 g/mol. The molecule has 7 heteroatoms. The zero-order valence-electron chi connectivity index (χ0n) is 10.9. The molecule has 0 fully saturated rings. The summed E-state index contributed by atoms with van der Waals surface area (Å²) in [5.74, 6) is 0.614. The molecule has 0 aliphatic rings. The Morgan fingerprint density at radius 2 is 2.32 bits per heavy atom. The fourth-order valence-electron chi connectivity index (χ4n) is 1.54. The van der Waals surface area contributed by atoms with Crippen LogP contribution in [0.3, 0.4) is 0 Å². The number of halogens is 1. The van der Waals surface area contributed by atoms with Crippen LogP contribution in [0, 0.1) is 0 Å². The number of nitrogens with zero attached hydrogens (tertiary/aromatic N) is 2. The number of thiophene rings is 1. The smallest absolute Gasteiger partial charge is 0.315 e. The maximum Gasteiger partial charge on any atom is 0.315 e. The highest BCUT2D eigenvalue weighted by Crippen LogP contribution is 2.21. The first-order valence-corrected chi connectivity index (χ1v) is 7.90. The minimum absolute atomic E-state index is 0.0823. The molecule has 1 atom stereocenters. The molecule has 2 aromatic rings. The highest BCUT2D eigenvalue weighted by Gasteiger charge is 2.12. The van der Waals surface area contributed by atoms with Crippen molar-refractivity contribution in [3.8, 4) is 0 Å². The SMILES string of the molecule is CCCNC(C)c1nnc(NCc2cc(Br)cs2)o1. The van der Waals surface area contributed by atoms with Crippen molar-refractivity contribution in [1.29, 1.82) is 0 Å². The summed E-state index contributed by atoms with van der Waals surface area (Å²) >= 11 is 5.11. The van der Waals surface area contributed by atoms with Gasteiger partial charge in [-0.15, -0.1) is 16.4 Å². The van der Waals surface area contributed by atoms with Crippen molar-refractivity contribution >= 4 is 33.3 Å². The molecule has 0 radical (unpaired) electrons. The van der Waals surface area contributed by atoms with Crippen molar-refractivity contribution in [2.24, 2.45) is 0 Å². The zero-order chi connectivity index (χ0) is 13.7. The fourth-order valence-corrected chi connectivity index (χ4v) is 2.93. The number of hydrogen-bond donors (Lipinski definition) is 2. The molecule has 0 aliphatic carbocycles. The van der Waals surface area contributed by atoms with E-state index < -0.39 is 0 Å². The standard InChI is InChI=1S/C12H17BrN4OS/c1-3-4-14-8(2)11-16-17-12(18-11)15-6-10-5-9(13)7-19-10/h5,7-8,14H,3-4,6H2,1-2H3,(H,15,17). The molecule has 2 N–H and O–H groups in total. The van der Waals surface area contributed by atoms with Crippen LogP contribution >= 0.6 is 27.3 Å². The van der Waals surface area contributed by atoms with Crippen molar-refractivity contribution in [1.82, 2.24) is 15.5 Å². The third-order valence-corrected chi connectivity index (χ3v) is 4.24. The topological polar surface area (TPSA) is 63.0 Å². The Morgan fingerprint density at radius 1 is 1.47 bits per heavy atom. The molecule has 0 bridgehead atoms. The molecular formula is C12H17BrN4OS. The summed E-state index contributed by atoms with van der Waals surface area (Å²) in [6, 6.07) is 2.61. The maximum atomic E-state index is 5.57. The van der Waals surface area contributed by atoms with Crippen molar-refractivity contribution in [3.63, 3.8) is 0 Å². The van der Waals surface area contributed by atoms with E-state index in [4.69, 9.17) is 4.42 Å². The summed E-state index contributed by atoms with van der Waals surface area (Å²) in [5.41, 5.74) is 0. The van der Waals surface area contributed by atoms with Gasteiger partial charge in [-0.05, 0) is 41.9 Å². The van der Waals surface area contributed by atoms with E-state index in [1.807, 2.05) is 12.3 Å². The highest BCUT2D eigenvalue weighted by atomic mass is 79.9. The largest absolute Gasteiger partial charge is 0.406 e. The summed E-state index contributed by atoms with van der Waals surface area (Å²) in [4.78, 5) is 1.21. The molecule has 104 valence electrons. The third-order valence-electron chi connectivity index (χ3n) is 2.55. The van der Waals surface area contributed by atoms with E-state index in [1.165, 1.54) is 4.88 Å². The van der Waals surface area contributed by atoms with Crippen LogP contribution in [0.25, 0.3) is 0 Å². The number of nitrogens with one attached hydrogen (secondary N) is 2. The van der Waals surface area contributed by atoms with Gasteiger partial charge in [-0.3, -0.25) is 0 Å². The lowest BCUT2D eigenvalue weighted by Gasteiger charge is -2.07. The van der Waals surface area contributed by atoms with Crippen molar-refractivity contribution in [2.45, 2.75) is 32.9 Å². The molecule has 1 unspecified atom stereocenters. The second kappa shape index (κ2) is 7.02. The first-order valence-electron chi connectivity index (χ1n) is 6.22. The van der Waals surface area contributed by atoms with Gasteiger partial charge >= 0.3 is 6.01 Å². The summed E-state index contributed by atoms with van der Waals surface area (Å²) in [6.45, 7) is 5.77. The van der Waals surface area contributed by atoms with Crippen LogP contribution in [0.1, 0.15) is 37.1 Å². The monoisotopic (exact) mass is 344 g/mol. The molecule has 0 aliphatic heterocycles. The highest BCUT2D eigenvalue weighted by molar-refractivity contribution is 9.10. The van der Waals surface area contributed by atoms with Crippen molar-refractivity contribution in [2.75, 3.05) is 11.9 Å². The van der Waals surface area contributed by atoms with Gasteiger partial charge in [0, 0.05) is 14.7 Å². The van der Waals surface area contributed by atoms with E-state index in [-0.39, 0.29) is 6.04 Å². The van der Waals surface area contributed by atoms with Gasteiger partial charge in [-0.1, -0.05) is 12.0 Å². The van der Waals surface area contributed by atoms with Gasteiger partial charge in [0.05, 0.1) is 12.6 Å². The van der Waals surface area contributed by atoms with E-state index in [2.05, 4.69) is 49.8 Å². The van der Waals surface area contributed by atoms with Crippen molar-refractivity contribution in [3.05, 3.63) is 26.7 Å². The van der Waals surface area contributed by atoms with Crippen LogP contribution in [-0.4, -0.2) is 16.7 Å². The van der Waals surface area contributed by atoms with Gasteiger partial charge in [-0.2, -0.15) is 0 Å². The van der Waals surface area contributed by atoms with E-state index >= 15 is 0 Å². The Balaban J connectivity index is 1.86. The molecule has 2 aromatic heterocycles. The van der Waals surface area contributed by atoms with Gasteiger partial charge in [0.25, 0.3) is 0 Å². The molecule has 0 saturated heterocycles. The van der Waals surface area contributed by atoms with Gasteiger partial charge < -0.3 is 15.1 Å². The van der Waals surface area contributed by atoms with E-state index in [0.717, 1.165) is 17.4 Å². The van der Waals surface area contributed by atoms with Crippen LogP contribution < -0.4 is 10.6 Å². The Morgan fingerprint density at radius 3 is 3.00 bits per heavy atom. The van der Waals surface area contributed by atoms with Crippen LogP contribution in [0.2, 0.25) is 0 Å². The Kier molecular flexibility index (Phi) is 5.35. The second-order valence-electron chi connectivity index (χ2n) is 4.21. The lowest BCUT2D eigenvalue weighted by molar-refractivity contribution is 0.423. The lowest BCUT2D eigenvalue weighted by atomic mass is 10.3. The van der Waals surface area contributed by atoms with E-state index in [9.17, 15) is 0 Å². The molecule has 0 spiro atoms. The second-order valence-corrected chi connectivity index (χ2v) is 6.12. The number of hydrogen-bond acceptors (Lipinski definition) is 6. The molecule has 2 rings (SSSR count). The number of rotatable bonds is 7. The van der Waals surface area contributed by atoms with E-state index in [0.29, 0.717) is 18.5 Å². The molecule has 2 heterocycles. The van der Waals surface area contributed by atoms with Gasteiger partial charge in [-0.25, -0.2) is 0 Å². The predicted octanol–water partition coefficient (Wildman–Crippen LogP) is 3.57. The summed E-state index contributed by atoms with van der Waals surface area (Å²) in [7, 11) is 0. The van der Waals surface area contributed by atoms with Gasteiger partial charge in [0.15, 0.2) is 0 Å². The average Bonchev–Trinajstić information content (AvgIpc) is 3.02. The summed E-state index contributed by atoms with van der Waals surface area (Å²) < 4.78 is 6.66. The predicted molar refractivity (Wildman–Crippen MR) is 80.4 cm³/mol. The van der Waals surface area contributed by atoms with E-state index in [1.54, 1.807) is 11.3 Å². The maximum absolute atomic E-state index is 5.57. The molecule has 5 nitrogen and oxygen atoms in total.